The maximum atomic E-state index is 11.9. The molecule has 0 radical (unpaired) electrons. The minimum absolute atomic E-state index is 0.0957. The van der Waals surface area contributed by atoms with Crippen molar-refractivity contribution < 1.29 is 14.3 Å². The van der Waals surface area contributed by atoms with Gasteiger partial charge in [0.2, 0.25) is 5.91 Å². The highest BCUT2D eigenvalue weighted by Crippen LogP contribution is 2.32. The van der Waals surface area contributed by atoms with Crippen LogP contribution in [0.4, 0.5) is 10.5 Å². The fraction of sp³-hybridized carbons (Fsp3) is 0.467. The van der Waals surface area contributed by atoms with E-state index in [0.717, 1.165) is 16.8 Å². The van der Waals surface area contributed by atoms with Crippen molar-refractivity contribution in [3.8, 4) is 0 Å². The highest BCUT2D eigenvalue weighted by molar-refractivity contribution is 6.03. The molecule has 0 saturated heterocycles. The molecule has 1 atom stereocenters. The van der Waals surface area contributed by atoms with Crippen molar-refractivity contribution in [2.24, 2.45) is 0 Å². The maximum Gasteiger partial charge on any atom is 0.407 e. The third-order valence-corrected chi connectivity index (χ3v) is 3.01. The van der Waals surface area contributed by atoms with Crippen LogP contribution >= 0.6 is 0 Å². The minimum atomic E-state index is -0.545. The molecule has 108 valence electrons. The van der Waals surface area contributed by atoms with Crippen LogP contribution in [0.3, 0.4) is 0 Å². The smallest absolute Gasteiger partial charge is 0.407 e. The first-order valence-corrected chi connectivity index (χ1v) is 6.64. The summed E-state index contributed by atoms with van der Waals surface area (Å²) in [5.41, 5.74) is 2.28. The molecule has 0 bridgehead atoms. The number of benzene rings is 1. The Hall–Kier alpha value is -2.04. The number of aryl methyl sites for hydroxylation is 1. The van der Waals surface area contributed by atoms with Crippen molar-refractivity contribution in [3.63, 3.8) is 0 Å². The molecule has 1 aromatic rings. The van der Waals surface area contributed by atoms with E-state index in [9.17, 15) is 9.59 Å². The molecule has 2 rings (SSSR count). The first-order chi connectivity index (χ1) is 9.26. The molecule has 0 aliphatic carbocycles. The van der Waals surface area contributed by atoms with Gasteiger partial charge in [-0.1, -0.05) is 17.7 Å². The Morgan fingerprint density at radius 2 is 2.10 bits per heavy atom. The third kappa shape index (κ3) is 3.29. The Labute approximate surface area is 118 Å². The summed E-state index contributed by atoms with van der Waals surface area (Å²) in [4.78, 5) is 23.6. The normalized spacial score (nSPS) is 17.4. The van der Waals surface area contributed by atoms with Gasteiger partial charge >= 0.3 is 6.09 Å². The number of hydrogen-bond acceptors (Lipinski definition) is 3. The lowest BCUT2D eigenvalue weighted by Crippen LogP contribution is -2.36. The number of ether oxygens (including phenoxy) is 1. The van der Waals surface area contributed by atoms with Gasteiger partial charge in [0, 0.05) is 12.2 Å². The Balaban J connectivity index is 2.03. The van der Waals surface area contributed by atoms with Crippen molar-refractivity contribution in [1.82, 2.24) is 5.32 Å². The van der Waals surface area contributed by atoms with E-state index in [1.807, 2.05) is 25.1 Å². The summed E-state index contributed by atoms with van der Waals surface area (Å²) in [6.45, 7) is 7.60. The van der Waals surface area contributed by atoms with Crippen molar-refractivity contribution in [2.75, 3.05) is 11.9 Å². The molecule has 1 unspecified atom stereocenters. The number of carbonyl (C=O) groups excluding carboxylic acids is 2. The van der Waals surface area contributed by atoms with Gasteiger partial charge in [-0.15, -0.1) is 0 Å². The van der Waals surface area contributed by atoms with E-state index in [-0.39, 0.29) is 18.4 Å². The lowest BCUT2D eigenvalue weighted by molar-refractivity contribution is -0.116. The topological polar surface area (TPSA) is 67.4 Å². The molecule has 2 amide bonds. The van der Waals surface area contributed by atoms with Crippen LogP contribution in [0, 0.1) is 6.92 Å². The number of carbonyl (C=O) groups is 2. The van der Waals surface area contributed by atoms with Crippen LogP contribution in [0.5, 0.6) is 0 Å². The Morgan fingerprint density at radius 1 is 1.40 bits per heavy atom. The third-order valence-electron chi connectivity index (χ3n) is 3.01. The fourth-order valence-corrected chi connectivity index (χ4v) is 2.15. The van der Waals surface area contributed by atoms with Crippen molar-refractivity contribution in [2.45, 2.75) is 39.2 Å². The van der Waals surface area contributed by atoms with E-state index in [1.54, 1.807) is 20.8 Å². The van der Waals surface area contributed by atoms with Gasteiger partial charge in [-0.05, 0) is 39.3 Å². The second kappa shape index (κ2) is 5.15. The highest BCUT2D eigenvalue weighted by Gasteiger charge is 2.31. The summed E-state index contributed by atoms with van der Waals surface area (Å²) in [6, 6.07) is 5.80. The van der Waals surface area contributed by atoms with Gasteiger partial charge in [-0.2, -0.15) is 0 Å². The highest BCUT2D eigenvalue weighted by atomic mass is 16.6. The number of amides is 2. The van der Waals surface area contributed by atoms with E-state index in [4.69, 9.17) is 4.74 Å². The summed E-state index contributed by atoms with van der Waals surface area (Å²) in [5, 5.41) is 5.47. The molecule has 0 saturated carbocycles. The molecular weight excluding hydrogens is 256 g/mol. The second-order valence-electron chi connectivity index (χ2n) is 6.02. The molecule has 2 N–H and O–H groups in total. The largest absolute Gasteiger partial charge is 0.444 e. The Bertz CT molecular complexity index is 547. The predicted molar refractivity (Wildman–Crippen MR) is 76.8 cm³/mol. The molecule has 1 aromatic carbocycles. The Morgan fingerprint density at radius 3 is 2.75 bits per heavy atom. The van der Waals surface area contributed by atoms with Crippen molar-refractivity contribution in [3.05, 3.63) is 29.3 Å². The zero-order valence-corrected chi connectivity index (χ0v) is 12.2. The molecule has 20 heavy (non-hydrogen) atoms. The summed E-state index contributed by atoms with van der Waals surface area (Å²) in [6.07, 6.45) is -0.508. The summed E-state index contributed by atoms with van der Waals surface area (Å²) in [7, 11) is 0. The van der Waals surface area contributed by atoms with Gasteiger partial charge in [-0.25, -0.2) is 4.79 Å². The van der Waals surface area contributed by atoms with Gasteiger partial charge < -0.3 is 15.4 Å². The van der Waals surface area contributed by atoms with E-state index in [1.165, 1.54) is 0 Å². The number of fused-ring (bicyclic) bond motifs is 1. The predicted octanol–water partition coefficient (Wildman–Crippen LogP) is 2.56. The molecule has 0 fully saturated rings. The van der Waals surface area contributed by atoms with Crippen LogP contribution in [-0.2, 0) is 9.53 Å². The quantitative estimate of drug-likeness (QED) is 0.872. The van der Waals surface area contributed by atoms with Crippen LogP contribution in [-0.4, -0.2) is 24.1 Å². The van der Waals surface area contributed by atoms with Gasteiger partial charge in [0.25, 0.3) is 0 Å². The van der Waals surface area contributed by atoms with Crippen LogP contribution in [0.2, 0.25) is 0 Å². The molecule has 1 aliphatic rings. The van der Waals surface area contributed by atoms with E-state index < -0.39 is 11.7 Å². The molecule has 5 nitrogen and oxygen atoms in total. The maximum absolute atomic E-state index is 11.9. The average Bonchev–Trinajstić information content (AvgIpc) is 2.59. The molecule has 1 aliphatic heterocycles. The van der Waals surface area contributed by atoms with E-state index in [2.05, 4.69) is 10.6 Å². The summed E-state index contributed by atoms with van der Waals surface area (Å²) >= 11 is 0. The molecule has 5 heteroatoms. The molecule has 0 spiro atoms. The first kappa shape index (κ1) is 14.4. The number of nitrogens with one attached hydrogen (secondary N) is 2. The number of alkyl carbamates (subject to hydrolysis) is 1. The lowest BCUT2D eigenvalue weighted by Gasteiger charge is -2.20. The summed E-state index contributed by atoms with van der Waals surface area (Å²) in [5.74, 6) is -0.459. The zero-order chi connectivity index (χ0) is 14.9. The minimum Gasteiger partial charge on any atom is -0.444 e. The average molecular weight is 276 g/mol. The van der Waals surface area contributed by atoms with Gasteiger partial charge in [-0.3, -0.25) is 4.79 Å². The molecule has 0 aromatic heterocycles. The van der Waals surface area contributed by atoms with Gasteiger partial charge in [0.1, 0.15) is 5.60 Å². The standard InChI is InChI=1S/C15H20N2O3/c1-9-5-6-12-10(7-9)11(13(18)17-12)8-16-14(19)20-15(2,3)4/h5-7,11H,8H2,1-4H3,(H,16,19)(H,17,18). The van der Waals surface area contributed by atoms with Crippen LogP contribution in [0.1, 0.15) is 37.8 Å². The van der Waals surface area contributed by atoms with Crippen molar-refractivity contribution in [1.29, 1.82) is 0 Å². The molecular formula is C15H20N2O3. The SMILES string of the molecule is Cc1ccc2c(c1)C(CNC(=O)OC(C)(C)C)C(=O)N2. The fourth-order valence-electron chi connectivity index (χ4n) is 2.15. The Kier molecular flexibility index (Phi) is 3.70. The number of hydrogen-bond donors (Lipinski definition) is 2. The number of anilines is 1. The van der Waals surface area contributed by atoms with Gasteiger partial charge in [0.05, 0.1) is 5.92 Å². The lowest BCUT2D eigenvalue weighted by atomic mass is 9.99. The zero-order valence-electron chi connectivity index (χ0n) is 12.2. The van der Waals surface area contributed by atoms with E-state index in [0.29, 0.717) is 0 Å². The van der Waals surface area contributed by atoms with Crippen LogP contribution in [0.25, 0.3) is 0 Å². The first-order valence-electron chi connectivity index (χ1n) is 6.64. The van der Waals surface area contributed by atoms with E-state index >= 15 is 0 Å². The molecule has 1 heterocycles. The second-order valence-corrected chi connectivity index (χ2v) is 6.02. The van der Waals surface area contributed by atoms with Gasteiger partial charge in [0.15, 0.2) is 0 Å². The van der Waals surface area contributed by atoms with Crippen LogP contribution < -0.4 is 10.6 Å². The van der Waals surface area contributed by atoms with Crippen molar-refractivity contribution >= 4 is 17.7 Å². The number of rotatable bonds is 2. The van der Waals surface area contributed by atoms with Crippen LogP contribution in [0.15, 0.2) is 18.2 Å². The monoisotopic (exact) mass is 276 g/mol. The summed E-state index contributed by atoms with van der Waals surface area (Å²) < 4.78 is 5.16.